The van der Waals surface area contributed by atoms with Gasteiger partial charge in [0.05, 0.1) is 12.2 Å². The summed E-state index contributed by atoms with van der Waals surface area (Å²) in [6.07, 6.45) is 2.03. The Morgan fingerprint density at radius 3 is 2.50 bits per heavy atom. The summed E-state index contributed by atoms with van der Waals surface area (Å²) < 4.78 is 5.23. The van der Waals surface area contributed by atoms with E-state index in [1.54, 1.807) is 19.2 Å². The SMILES string of the molecule is COCC(CCC(C)C)c1ccccc1C(=O)O. The van der Waals surface area contributed by atoms with Gasteiger partial charge in [0.25, 0.3) is 0 Å². The lowest BCUT2D eigenvalue weighted by atomic mass is 9.89. The Bertz CT molecular complexity index is 385. The standard InChI is InChI=1S/C15H22O3/c1-11(2)8-9-12(10-18-3)13-6-4-5-7-14(13)15(16)17/h4-7,11-12H,8-10H2,1-3H3,(H,16,17). The number of carboxylic acid groups (broad SMARTS) is 1. The van der Waals surface area contributed by atoms with Gasteiger partial charge in [0.15, 0.2) is 0 Å². The van der Waals surface area contributed by atoms with Crippen molar-refractivity contribution < 1.29 is 14.6 Å². The lowest BCUT2D eigenvalue weighted by molar-refractivity contribution is 0.0694. The highest BCUT2D eigenvalue weighted by Gasteiger charge is 2.18. The van der Waals surface area contributed by atoms with Crippen molar-refractivity contribution in [2.24, 2.45) is 5.92 Å². The average molecular weight is 250 g/mol. The molecule has 0 saturated heterocycles. The van der Waals surface area contributed by atoms with Crippen molar-refractivity contribution in [3.8, 4) is 0 Å². The number of methoxy groups -OCH3 is 1. The highest BCUT2D eigenvalue weighted by Crippen LogP contribution is 2.26. The normalized spacial score (nSPS) is 12.7. The molecule has 1 rings (SSSR count). The topological polar surface area (TPSA) is 46.5 Å². The van der Waals surface area contributed by atoms with Crippen molar-refractivity contribution in [1.82, 2.24) is 0 Å². The average Bonchev–Trinajstić information content (AvgIpc) is 2.34. The fraction of sp³-hybridized carbons (Fsp3) is 0.533. The molecule has 1 aromatic rings. The van der Waals surface area contributed by atoms with Crippen molar-refractivity contribution in [3.63, 3.8) is 0 Å². The molecule has 0 aromatic heterocycles. The molecule has 0 saturated carbocycles. The van der Waals surface area contributed by atoms with Gasteiger partial charge in [-0.2, -0.15) is 0 Å². The maximum absolute atomic E-state index is 11.2. The summed E-state index contributed by atoms with van der Waals surface area (Å²) in [5, 5.41) is 9.22. The first-order valence-electron chi connectivity index (χ1n) is 6.37. The number of carbonyl (C=O) groups is 1. The molecule has 0 spiro atoms. The van der Waals surface area contributed by atoms with Gasteiger partial charge in [-0.1, -0.05) is 38.5 Å². The number of hydrogen-bond donors (Lipinski definition) is 1. The molecule has 0 amide bonds. The zero-order valence-electron chi connectivity index (χ0n) is 11.3. The highest BCUT2D eigenvalue weighted by molar-refractivity contribution is 5.89. The Labute approximate surface area is 109 Å². The molecule has 0 bridgehead atoms. The van der Waals surface area contributed by atoms with Crippen LogP contribution in [-0.2, 0) is 4.74 Å². The van der Waals surface area contributed by atoms with Gasteiger partial charge < -0.3 is 9.84 Å². The third kappa shape index (κ3) is 4.15. The van der Waals surface area contributed by atoms with E-state index < -0.39 is 5.97 Å². The van der Waals surface area contributed by atoms with Gasteiger partial charge in [-0.15, -0.1) is 0 Å². The van der Waals surface area contributed by atoms with E-state index in [1.165, 1.54) is 0 Å². The molecule has 0 radical (unpaired) electrons. The van der Waals surface area contributed by atoms with Crippen molar-refractivity contribution in [3.05, 3.63) is 35.4 Å². The second-order valence-corrected chi connectivity index (χ2v) is 5.02. The summed E-state index contributed by atoms with van der Waals surface area (Å²) >= 11 is 0. The number of rotatable bonds is 7. The molecule has 1 N–H and O–H groups in total. The molecule has 0 aliphatic carbocycles. The minimum absolute atomic E-state index is 0.157. The third-order valence-corrected chi connectivity index (χ3v) is 3.09. The Morgan fingerprint density at radius 2 is 1.94 bits per heavy atom. The van der Waals surface area contributed by atoms with Crippen molar-refractivity contribution in [1.29, 1.82) is 0 Å². The monoisotopic (exact) mass is 250 g/mol. The molecule has 0 fully saturated rings. The van der Waals surface area contributed by atoms with Gasteiger partial charge in [-0.3, -0.25) is 0 Å². The molecule has 1 aromatic carbocycles. The summed E-state index contributed by atoms with van der Waals surface area (Å²) in [7, 11) is 1.66. The van der Waals surface area contributed by atoms with Crippen molar-refractivity contribution in [2.75, 3.05) is 13.7 Å². The molecule has 1 atom stereocenters. The fourth-order valence-electron chi connectivity index (χ4n) is 2.11. The van der Waals surface area contributed by atoms with Crippen LogP contribution in [0.1, 0.15) is 48.5 Å². The van der Waals surface area contributed by atoms with Crippen LogP contribution in [0.25, 0.3) is 0 Å². The van der Waals surface area contributed by atoms with E-state index in [-0.39, 0.29) is 5.92 Å². The highest BCUT2D eigenvalue weighted by atomic mass is 16.5. The molecule has 0 heterocycles. The molecule has 3 heteroatoms. The lowest BCUT2D eigenvalue weighted by Crippen LogP contribution is -2.12. The Balaban J connectivity index is 2.93. The molecular formula is C15H22O3. The molecule has 0 aliphatic heterocycles. The van der Waals surface area contributed by atoms with E-state index in [1.807, 2.05) is 12.1 Å². The maximum atomic E-state index is 11.2. The predicted molar refractivity (Wildman–Crippen MR) is 72.1 cm³/mol. The van der Waals surface area contributed by atoms with Crippen molar-refractivity contribution in [2.45, 2.75) is 32.6 Å². The van der Waals surface area contributed by atoms with E-state index in [9.17, 15) is 9.90 Å². The zero-order valence-corrected chi connectivity index (χ0v) is 11.3. The summed E-state index contributed by atoms with van der Waals surface area (Å²) in [5.41, 5.74) is 1.27. The molecule has 1 unspecified atom stereocenters. The van der Waals surface area contributed by atoms with Crippen LogP contribution >= 0.6 is 0 Å². The van der Waals surface area contributed by atoms with Gasteiger partial charge in [-0.05, 0) is 24.0 Å². The number of benzene rings is 1. The summed E-state index contributed by atoms with van der Waals surface area (Å²) in [5.74, 6) is -0.0951. The minimum Gasteiger partial charge on any atom is -0.478 e. The quantitative estimate of drug-likeness (QED) is 0.805. The third-order valence-electron chi connectivity index (χ3n) is 3.09. The maximum Gasteiger partial charge on any atom is 0.335 e. The van der Waals surface area contributed by atoms with E-state index in [4.69, 9.17) is 4.74 Å². The number of carboxylic acids is 1. The van der Waals surface area contributed by atoms with Gasteiger partial charge in [0.2, 0.25) is 0 Å². The number of ether oxygens (including phenoxy) is 1. The van der Waals surface area contributed by atoms with Crippen LogP contribution in [0.4, 0.5) is 0 Å². The first-order valence-corrected chi connectivity index (χ1v) is 6.37. The van der Waals surface area contributed by atoms with Crippen LogP contribution in [-0.4, -0.2) is 24.8 Å². The van der Waals surface area contributed by atoms with Crippen LogP contribution in [0.15, 0.2) is 24.3 Å². The van der Waals surface area contributed by atoms with Crippen LogP contribution < -0.4 is 0 Å². The fourth-order valence-corrected chi connectivity index (χ4v) is 2.11. The molecule has 100 valence electrons. The van der Waals surface area contributed by atoms with Gasteiger partial charge >= 0.3 is 5.97 Å². The lowest BCUT2D eigenvalue weighted by Gasteiger charge is -2.19. The molecule has 3 nitrogen and oxygen atoms in total. The first-order chi connectivity index (χ1) is 8.56. The largest absolute Gasteiger partial charge is 0.478 e. The predicted octanol–water partition coefficient (Wildman–Crippen LogP) is 3.55. The van der Waals surface area contributed by atoms with Gasteiger partial charge in [-0.25, -0.2) is 4.79 Å². The minimum atomic E-state index is -0.865. The summed E-state index contributed by atoms with van der Waals surface area (Å²) in [6, 6.07) is 7.21. The van der Waals surface area contributed by atoms with Crippen LogP contribution in [0.3, 0.4) is 0 Å². The van der Waals surface area contributed by atoms with E-state index in [0.717, 1.165) is 18.4 Å². The van der Waals surface area contributed by atoms with Crippen molar-refractivity contribution >= 4 is 5.97 Å². The number of aromatic carboxylic acids is 1. The van der Waals surface area contributed by atoms with E-state index in [0.29, 0.717) is 18.1 Å². The van der Waals surface area contributed by atoms with E-state index in [2.05, 4.69) is 13.8 Å². The molecular weight excluding hydrogens is 228 g/mol. The van der Waals surface area contributed by atoms with Crippen LogP contribution in [0, 0.1) is 5.92 Å². The Morgan fingerprint density at radius 1 is 1.28 bits per heavy atom. The second-order valence-electron chi connectivity index (χ2n) is 5.02. The van der Waals surface area contributed by atoms with E-state index >= 15 is 0 Å². The Kier molecular flexibility index (Phi) is 5.86. The summed E-state index contributed by atoms with van der Waals surface area (Å²) in [6.45, 7) is 4.91. The molecule has 0 aliphatic rings. The molecule has 18 heavy (non-hydrogen) atoms. The number of hydrogen-bond acceptors (Lipinski definition) is 2. The van der Waals surface area contributed by atoms with Crippen LogP contribution in [0.5, 0.6) is 0 Å². The van der Waals surface area contributed by atoms with Crippen LogP contribution in [0.2, 0.25) is 0 Å². The van der Waals surface area contributed by atoms with Gasteiger partial charge in [0, 0.05) is 13.0 Å². The second kappa shape index (κ2) is 7.17. The zero-order chi connectivity index (χ0) is 13.5. The van der Waals surface area contributed by atoms with Gasteiger partial charge in [0.1, 0.15) is 0 Å². The smallest absolute Gasteiger partial charge is 0.335 e. The first kappa shape index (κ1) is 14.7. The Hall–Kier alpha value is -1.35. The summed E-state index contributed by atoms with van der Waals surface area (Å²) in [4.78, 5) is 11.2.